The van der Waals surface area contributed by atoms with E-state index in [2.05, 4.69) is 36.4 Å². The van der Waals surface area contributed by atoms with Gasteiger partial charge in [0.25, 0.3) is 0 Å². The summed E-state index contributed by atoms with van der Waals surface area (Å²) in [6, 6.07) is 0.445. The summed E-state index contributed by atoms with van der Waals surface area (Å²) < 4.78 is 6.20. The van der Waals surface area contributed by atoms with Crippen molar-refractivity contribution in [3.63, 3.8) is 0 Å². The molecule has 0 saturated heterocycles. The topological polar surface area (TPSA) is 45.6 Å². The molecular weight excluding hydrogens is 377 g/mol. The monoisotopic (exact) mass is 411 g/mol. The summed E-state index contributed by atoms with van der Waals surface area (Å²) in [5.41, 5.74) is 0.0152. The lowest BCUT2D eigenvalue weighted by atomic mass is 9.84. The molecule has 21 heavy (non-hydrogen) atoms. The molecule has 126 valence electrons. The van der Waals surface area contributed by atoms with Crippen molar-refractivity contribution >= 4 is 29.9 Å². The lowest BCUT2D eigenvalue weighted by molar-refractivity contribution is -0.0657. The van der Waals surface area contributed by atoms with Gasteiger partial charge in [-0.1, -0.05) is 33.1 Å². The Kier molecular flexibility index (Phi) is 11.5. The van der Waals surface area contributed by atoms with Gasteiger partial charge in [0.05, 0.1) is 5.60 Å². The van der Waals surface area contributed by atoms with E-state index in [-0.39, 0.29) is 29.6 Å². The molecule has 1 aliphatic rings. The van der Waals surface area contributed by atoms with Crippen molar-refractivity contribution in [3.05, 3.63) is 0 Å². The van der Waals surface area contributed by atoms with Crippen molar-refractivity contribution in [3.8, 4) is 0 Å². The smallest absolute Gasteiger partial charge is 0.191 e. The second-order valence-electron chi connectivity index (χ2n) is 5.97. The molecule has 0 aromatic carbocycles. The van der Waals surface area contributed by atoms with Crippen LogP contribution in [0.15, 0.2) is 4.99 Å². The second kappa shape index (κ2) is 11.5. The summed E-state index contributed by atoms with van der Waals surface area (Å²) in [5.74, 6) is 0.893. The van der Waals surface area contributed by atoms with Gasteiger partial charge in [0.1, 0.15) is 0 Å². The predicted octanol–water partition coefficient (Wildman–Crippen LogP) is 3.70. The van der Waals surface area contributed by atoms with Gasteiger partial charge in [-0.05, 0) is 32.6 Å². The van der Waals surface area contributed by atoms with E-state index in [1.54, 1.807) is 0 Å². The molecule has 0 aromatic rings. The van der Waals surface area contributed by atoms with Gasteiger partial charge >= 0.3 is 0 Å². The normalized spacial score (nSPS) is 19.5. The fourth-order valence-corrected chi connectivity index (χ4v) is 2.66. The average Bonchev–Trinajstić information content (AvgIpc) is 2.50. The molecule has 0 spiro atoms. The maximum absolute atomic E-state index is 6.20. The molecule has 2 N–H and O–H groups in total. The molecule has 5 heteroatoms. The zero-order valence-electron chi connectivity index (χ0n) is 14.2. The van der Waals surface area contributed by atoms with Crippen LogP contribution in [0.5, 0.6) is 0 Å². The van der Waals surface area contributed by atoms with Gasteiger partial charge in [-0.15, -0.1) is 24.0 Å². The van der Waals surface area contributed by atoms with E-state index >= 15 is 0 Å². The van der Waals surface area contributed by atoms with E-state index in [0.717, 1.165) is 32.0 Å². The Hall–Kier alpha value is -0.0400. The first-order chi connectivity index (χ1) is 9.65. The minimum absolute atomic E-state index is 0. The Morgan fingerprint density at radius 1 is 1.24 bits per heavy atom. The van der Waals surface area contributed by atoms with E-state index in [4.69, 9.17) is 4.74 Å². The van der Waals surface area contributed by atoms with E-state index in [9.17, 15) is 0 Å². The Morgan fingerprint density at radius 2 is 1.90 bits per heavy atom. The van der Waals surface area contributed by atoms with Crippen LogP contribution < -0.4 is 10.6 Å². The van der Waals surface area contributed by atoms with Crippen LogP contribution in [0.3, 0.4) is 0 Å². The highest BCUT2D eigenvalue weighted by Crippen LogP contribution is 2.31. The van der Waals surface area contributed by atoms with Crippen LogP contribution >= 0.6 is 24.0 Å². The average molecular weight is 411 g/mol. The van der Waals surface area contributed by atoms with Crippen LogP contribution in [-0.4, -0.2) is 37.8 Å². The quantitative estimate of drug-likeness (QED) is 0.382. The number of hydrogen-bond donors (Lipinski definition) is 2. The number of hydrogen-bond acceptors (Lipinski definition) is 2. The van der Waals surface area contributed by atoms with Crippen LogP contribution in [-0.2, 0) is 4.74 Å². The van der Waals surface area contributed by atoms with Crippen LogP contribution in [0.25, 0.3) is 0 Å². The standard InChI is InChI=1S/C16H33N3O.HI/c1-5-12-20-16(10-8-7-9-11-16)13-18-15(17-4)19-14(3)6-2;/h14H,5-13H2,1-4H3,(H2,17,18,19);1H. The molecule has 1 fully saturated rings. The number of nitrogens with zero attached hydrogens (tertiary/aromatic N) is 1. The number of halogens is 1. The van der Waals surface area contributed by atoms with E-state index in [0.29, 0.717) is 6.04 Å². The maximum atomic E-state index is 6.20. The van der Waals surface area contributed by atoms with Gasteiger partial charge in [0, 0.05) is 26.2 Å². The number of nitrogens with one attached hydrogen (secondary N) is 2. The highest BCUT2D eigenvalue weighted by molar-refractivity contribution is 14.0. The molecule has 0 aliphatic heterocycles. The van der Waals surface area contributed by atoms with Crippen LogP contribution in [0.2, 0.25) is 0 Å². The highest BCUT2D eigenvalue weighted by atomic mass is 127. The third-order valence-electron chi connectivity index (χ3n) is 4.17. The lowest BCUT2D eigenvalue weighted by Crippen LogP contribution is -2.51. The largest absolute Gasteiger partial charge is 0.373 e. The van der Waals surface area contributed by atoms with Crippen molar-refractivity contribution in [2.24, 2.45) is 4.99 Å². The third-order valence-corrected chi connectivity index (χ3v) is 4.17. The van der Waals surface area contributed by atoms with Crippen LogP contribution in [0.1, 0.15) is 65.7 Å². The minimum atomic E-state index is 0. The molecule has 0 bridgehead atoms. The molecule has 0 radical (unpaired) electrons. The van der Waals surface area contributed by atoms with Gasteiger partial charge in [-0.2, -0.15) is 0 Å². The highest BCUT2D eigenvalue weighted by Gasteiger charge is 2.32. The zero-order valence-corrected chi connectivity index (χ0v) is 16.5. The van der Waals surface area contributed by atoms with Gasteiger partial charge < -0.3 is 15.4 Å². The Balaban J connectivity index is 0.00000400. The fourth-order valence-electron chi connectivity index (χ4n) is 2.66. The molecule has 0 amide bonds. The summed E-state index contributed by atoms with van der Waals surface area (Å²) in [5, 5.41) is 6.88. The molecule has 0 aromatic heterocycles. The predicted molar refractivity (Wildman–Crippen MR) is 102 cm³/mol. The van der Waals surface area contributed by atoms with Crippen molar-refractivity contribution in [2.45, 2.75) is 77.4 Å². The van der Waals surface area contributed by atoms with Gasteiger partial charge in [-0.25, -0.2) is 0 Å². The molecule has 4 nitrogen and oxygen atoms in total. The molecule has 1 atom stereocenters. The molecule has 1 unspecified atom stereocenters. The number of aliphatic imine (C=N–C) groups is 1. The Labute approximate surface area is 147 Å². The molecule has 1 saturated carbocycles. The second-order valence-corrected chi connectivity index (χ2v) is 5.97. The van der Waals surface area contributed by atoms with Gasteiger partial charge in [0.2, 0.25) is 0 Å². The van der Waals surface area contributed by atoms with E-state index in [1.165, 1.54) is 32.1 Å². The summed E-state index contributed by atoms with van der Waals surface area (Å²) in [4.78, 5) is 4.31. The minimum Gasteiger partial charge on any atom is -0.373 e. The number of guanidine groups is 1. The summed E-state index contributed by atoms with van der Waals surface area (Å²) in [7, 11) is 1.83. The molecular formula is C16H34IN3O. The Bertz CT molecular complexity index is 291. The van der Waals surface area contributed by atoms with Crippen molar-refractivity contribution in [2.75, 3.05) is 20.2 Å². The SMILES string of the molecule is CCCOC1(CNC(=NC)NC(C)CC)CCCCC1.I. The summed E-state index contributed by atoms with van der Waals surface area (Å²) >= 11 is 0. The van der Waals surface area contributed by atoms with Gasteiger partial charge in [-0.3, -0.25) is 4.99 Å². The van der Waals surface area contributed by atoms with Crippen molar-refractivity contribution in [1.82, 2.24) is 10.6 Å². The van der Waals surface area contributed by atoms with Crippen molar-refractivity contribution < 1.29 is 4.74 Å². The van der Waals surface area contributed by atoms with Crippen LogP contribution in [0, 0.1) is 0 Å². The molecule has 1 aliphatic carbocycles. The van der Waals surface area contributed by atoms with Crippen molar-refractivity contribution in [1.29, 1.82) is 0 Å². The lowest BCUT2D eigenvalue weighted by Gasteiger charge is -2.38. The zero-order chi connectivity index (χ0) is 14.8. The maximum Gasteiger partial charge on any atom is 0.191 e. The summed E-state index contributed by atoms with van der Waals surface area (Å²) in [6.07, 6.45) is 8.42. The summed E-state index contributed by atoms with van der Waals surface area (Å²) in [6.45, 7) is 8.25. The first-order valence-corrected chi connectivity index (χ1v) is 8.27. The third kappa shape index (κ3) is 7.68. The van der Waals surface area contributed by atoms with Crippen LogP contribution in [0.4, 0.5) is 0 Å². The Morgan fingerprint density at radius 3 is 2.43 bits per heavy atom. The fraction of sp³-hybridized carbons (Fsp3) is 0.938. The van der Waals surface area contributed by atoms with E-state index in [1.807, 2.05) is 7.05 Å². The first-order valence-electron chi connectivity index (χ1n) is 8.27. The molecule has 1 rings (SSSR count). The first kappa shape index (κ1) is 21.0. The van der Waals surface area contributed by atoms with E-state index < -0.39 is 0 Å². The molecule has 0 heterocycles. The van der Waals surface area contributed by atoms with Gasteiger partial charge in [0.15, 0.2) is 5.96 Å². The number of ether oxygens (including phenoxy) is 1. The number of rotatable bonds is 7.